The van der Waals surface area contributed by atoms with Crippen molar-refractivity contribution in [1.29, 1.82) is 0 Å². The summed E-state index contributed by atoms with van der Waals surface area (Å²) in [5.41, 5.74) is 9.48. The summed E-state index contributed by atoms with van der Waals surface area (Å²) in [5.74, 6) is -0.0412. The van der Waals surface area contributed by atoms with E-state index in [0.717, 1.165) is 24.2 Å². The van der Waals surface area contributed by atoms with Gasteiger partial charge in [-0.2, -0.15) is 0 Å². The molecule has 0 spiro atoms. The number of benzene rings is 1. The molecule has 1 aromatic heterocycles. The molecule has 22 heavy (non-hydrogen) atoms. The molecule has 1 amide bonds. The molecule has 0 unspecified atom stereocenters. The van der Waals surface area contributed by atoms with Gasteiger partial charge >= 0.3 is 0 Å². The van der Waals surface area contributed by atoms with E-state index in [-0.39, 0.29) is 5.91 Å². The van der Waals surface area contributed by atoms with Crippen LogP contribution in [-0.4, -0.2) is 35.9 Å². The second-order valence-corrected chi connectivity index (χ2v) is 5.46. The molecule has 0 saturated heterocycles. The monoisotopic (exact) mass is 298 g/mol. The second kappa shape index (κ2) is 7.56. The molecule has 0 aliphatic carbocycles. The molecule has 0 radical (unpaired) electrons. The largest absolute Gasteiger partial charge is 0.398 e. The van der Waals surface area contributed by atoms with Crippen LogP contribution < -0.4 is 11.1 Å². The van der Waals surface area contributed by atoms with Gasteiger partial charge < -0.3 is 11.1 Å². The van der Waals surface area contributed by atoms with Crippen LogP contribution in [0.5, 0.6) is 0 Å². The van der Waals surface area contributed by atoms with E-state index in [0.29, 0.717) is 12.2 Å². The summed E-state index contributed by atoms with van der Waals surface area (Å²) >= 11 is 0. The third kappa shape index (κ3) is 4.86. The fourth-order valence-electron chi connectivity index (χ4n) is 2.11. The Bertz CT molecular complexity index is 628. The van der Waals surface area contributed by atoms with E-state index in [9.17, 15) is 4.79 Å². The lowest BCUT2D eigenvalue weighted by molar-refractivity contribution is -0.117. The maximum absolute atomic E-state index is 12.0. The fourth-order valence-corrected chi connectivity index (χ4v) is 2.11. The van der Waals surface area contributed by atoms with E-state index in [1.54, 1.807) is 18.5 Å². The number of nitrogens with zero attached hydrogens (tertiary/aromatic N) is 2. The van der Waals surface area contributed by atoms with Crippen molar-refractivity contribution in [1.82, 2.24) is 9.88 Å². The van der Waals surface area contributed by atoms with Crippen LogP contribution in [0.3, 0.4) is 0 Å². The Morgan fingerprint density at radius 2 is 2.00 bits per heavy atom. The number of amides is 1. The molecule has 1 aromatic carbocycles. The first-order chi connectivity index (χ1) is 10.5. The third-order valence-electron chi connectivity index (χ3n) is 3.51. The minimum absolute atomic E-state index is 0.0412. The number of likely N-dealkylation sites (N-methyl/N-ethyl adjacent to an activating group) is 1. The van der Waals surface area contributed by atoms with Crippen molar-refractivity contribution >= 4 is 17.3 Å². The number of aromatic nitrogens is 1. The first-order valence-corrected chi connectivity index (χ1v) is 7.28. The summed E-state index contributed by atoms with van der Waals surface area (Å²) < 4.78 is 0. The zero-order valence-corrected chi connectivity index (χ0v) is 13.0. The average Bonchev–Trinajstić information content (AvgIpc) is 2.50. The van der Waals surface area contributed by atoms with Gasteiger partial charge in [0.1, 0.15) is 0 Å². The number of aryl methyl sites for hydroxylation is 1. The molecular weight excluding hydrogens is 276 g/mol. The Kier molecular flexibility index (Phi) is 5.49. The van der Waals surface area contributed by atoms with Crippen LogP contribution in [-0.2, 0) is 11.2 Å². The lowest BCUT2D eigenvalue weighted by Gasteiger charge is -2.16. The molecular formula is C17H22N4O. The lowest BCUT2D eigenvalue weighted by atomic mass is 10.2. The highest BCUT2D eigenvalue weighted by atomic mass is 16.2. The van der Waals surface area contributed by atoms with Gasteiger partial charge in [-0.05, 0) is 55.8 Å². The van der Waals surface area contributed by atoms with Crippen LogP contribution in [0.2, 0.25) is 0 Å². The summed E-state index contributed by atoms with van der Waals surface area (Å²) in [7, 11) is 1.93. The van der Waals surface area contributed by atoms with Gasteiger partial charge in [0.05, 0.1) is 6.54 Å². The third-order valence-corrected chi connectivity index (χ3v) is 3.51. The number of nitrogens with two attached hydrogens (primary N) is 1. The smallest absolute Gasteiger partial charge is 0.238 e. The number of carbonyl (C=O) groups is 1. The van der Waals surface area contributed by atoms with Gasteiger partial charge in [-0.1, -0.05) is 6.07 Å². The predicted molar refractivity (Wildman–Crippen MR) is 89.7 cm³/mol. The molecule has 3 N–H and O–H groups in total. The summed E-state index contributed by atoms with van der Waals surface area (Å²) in [4.78, 5) is 18.0. The van der Waals surface area contributed by atoms with Crippen LogP contribution in [0.25, 0.3) is 0 Å². The Labute approximate surface area is 131 Å². The van der Waals surface area contributed by atoms with E-state index in [4.69, 9.17) is 5.73 Å². The summed E-state index contributed by atoms with van der Waals surface area (Å²) in [6.07, 6.45) is 4.46. The summed E-state index contributed by atoms with van der Waals surface area (Å²) in [6, 6.07) is 9.52. The molecule has 5 heteroatoms. The quantitative estimate of drug-likeness (QED) is 0.801. The van der Waals surface area contributed by atoms with E-state index >= 15 is 0 Å². The van der Waals surface area contributed by atoms with Crippen molar-refractivity contribution < 1.29 is 4.79 Å². The topological polar surface area (TPSA) is 71.2 Å². The fraction of sp³-hybridized carbons (Fsp3) is 0.294. The number of anilines is 2. The molecule has 116 valence electrons. The van der Waals surface area contributed by atoms with Gasteiger partial charge in [-0.25, -0.2) is 0 Å². The molecule has 0 saturated carbocycles. The van der Waals surface area contributed by atoms with Gasteiger partial charge in [0, 0.05) is 30.3 Å². The molecule has 2 aromatic rings. The normalized spacial score (nSPS) is 10.7. The Hall–Kier alpha value is -2.40. The maximum Gasteiger partial charge on any atom is 0.238 e. The van der Waals surface area contributed by atoms with E-state index in [1.807, 2.05) is 43.1 Å². The van der Waals surface area contributed by atoms with Gasteiger partial charge in [0.15, 0.2) is 0 Å². The molecule has 0 bridgehead atoms. The SMILES string of the molecule is Cc1ccc(NC(=O)CN(C)CCc2ccncc2)cc1N. The molecule has 0 atom stereocenters. The summed E-state index contributed by atoms with van der Waals surface area (Å²) in [5, 5.41) is 2.87. The first-order valence-electron chi connectivity index (χ1n) is 7.28. The van der Waals surface area contributed by atoms with Gasteiger partial charge in [-0.3, -0.25) is 14.7 Å². The number of hydrogen-bond acceptors (Lipinski definition) is 4. The van der Waals surface area contributed by atoms with Gasteiger partial charge in [0.25, 0.3) is 0 Å². The highest BCUT2D eigenvalue weighted by Crippen LogP contribution is 2.16. The first kappa shape index (κ1) is 16.0. The zero-order chi connectivity index (χ0) is 15.9. The number of nitrogens with one attached hydrogen (secondary N) is 1. The highest BCUT2D eigenvalue weighted by Gasteiger charge is 2.07. The maximum atomic E-state index is 12.0. The lowest BCUT2D eigenvalue weighted by Crippen LogP contribution is -2.31. The number of rotatable bonds is 6. The Morgan fingerprint density at radius 3 is 2.68 bits per heavy atom. The second-order valence-electron chi connectivity index (χ2n) is 5.46. The molecule has 0 aliphatic heterocycles. The summed E-state index contributed by atoms with van der Waals surface area (Å²) in [6.45, 7) is 3.10. The van der Waals surface area contributed by atoms with Crippen LogP contribution in [0.15, 0.2) is 42.7 Å². The predicted octanol–water partition coefficient (Wildman–Crippen LogP) is 2.09. The molecule has 0 fully saturated rings. The van der Waals surface area contributed by atoms with Crippen LogP contribution in [0.4, 0.5) is 11.4 Å². The number of pyridine rings is 1. The molecule has 5 nitrogen and oxygen atoms in total. The molecule has 2 rings (SSSR count). The van der Waals surface area contributed by atoms with Crippen LogP contribution in [0, 0.1) is 6.92 Å². The standard InChI is InChI=1S/C17H22N4O/c1-13-3-4-15(11-16(13)18)20-17(22)12-21(2)10-7-14-5-8-19-9-6-14/h3-6,8-9,11H,7,10,12,18H2,1-2H3,(H,20,22). The number of hydrogen-bond donors (Lipinski definition) is 2. The van der Waals surface area contributed by atoms with E-state index < -0.39 is 0 Å². The van der Waals surface area contributed by atoms with Gasteiger partial charge in [-0.15, -0.1) is 0 Å². The van der Waals surface area contributed by atoms with Gasteiger partial charge in [0.2, 0.25) is 5.91 Å². The molecule has 0 aliphatic rings. The Balaban J connectivity index is 1.79. The molecule has 1 heterocycles. The van der Waals surface area contributed by atoms with Crippen LogP contribution >= 0.6 is 0 Å². The Morgan fingerprint density at radius 1 is 1.27 bits per heavy atom. The highest BCUT2D eigenvalue weighted by molar-refractivity contribution is 5.92. The van der Waals surface area contributed by atoms with E-state index in [1.165, 1.54) is 5.56 Å². The van der Waals surface area contributed by atoms with Crippen molar-refractivity contribution in [3.8, 4) is 0 Å². The minimum atomic E-state index is -0.0412. The van der Waals surface area contributed by atoms with Crippen molar-refractivity contribution in [3.05, 3.63) is 53.9 Å². The average molecular weight is 298 g/mol. The minimum Gasteiger partial charge on any atom is -0.398 e. The zero-order valence-electron chi connectivity index (χ0n) is 13.0. The van der Waals surface area contributed by atoms with Crippen molar-refractivity contribution in [2.45, 2.75) is 13.3 Å². The van der Waals surface area contributed by atoms with Crippen molar-refractivity contribution in [2.24, 2.45) is 0 Å². The van der Waals surface area contributed by atoms with Crippen molar-refractivity contribution in [2.75, 3.05) is 31.2 Å². The van der Waals surface area contributed by atoms with E-state index in [2.05, 4.69) is 10.3 Å². The van der Waals surface area contributed by atoms with Crippen LogP contribution in [0.1, 0.15) is 11.1 Å². The number of carbonyl (C=O) groups excluding carboxylic acids is 1. The number of nitrogen functional groups attached to an aromatic ring is 1. The van der Waals surface area contributed by atoms with Crippen molar-refractivity contribution in [3.63, 3.8) is 0 Å².